The van der Waals surface area contributed by atoms with Crippen LogP contribution in [0.1, 0.15) is 41.5 Å². The van der Waals surface area contributed by atoms with Crippen LogP contribution < -0.4 is 15.4 Å². The lowest BCUT2D eigenvalue weighted by Gasteiger charge is -2.18. The molecule has 0 bridgehead atoms. The number of anilines is 1. The molecule has 0 saturated heterocycles. The number of carbonyl (C=O) groups is 2. The molecular weight excluding hydrogens is 394 g/mol. The van der Waals surface area contributed by atoms with Crippen molar-refractivity contribution in [3.8, 4) is 5.75 Å². The molecule has 6 nitrogen and oxygen atoms in total. The highest BCUT2D eigenvalue weighted by Crippen LogP contribution is 2.27. The lowest BCUT2D eigenvalue weighted by molar-refractivity contribution is -0.253. The molecule has 0 saturated carbocycles. The highest BCUT2D eigenvalue weighted by molar-refractivity contribution is 5.94. The highest BCUT2D eigenvalue weighted by atomic mass is 19.3. The third-order valence-corrected chi connectivity index (χ3v) is 3.75. The Hall–Kier alpha value is -3.17. The lowest BCUT2D eigenvalue weighted by atomic mass is 10.1. The van der Waals surface area contributed by atoms with E-state index in [4.69, 9.17) is 0 Å². The normalized spacial score (nSPS) is 12.4. The van der Waals surface area contributed by atoms with Gasteiger partial charge in [-0.2, -0.15) is 17.6 Å². The van der Waals surface area contributed by atoms with Gasteiger partial charge >= 0.3 is 12.5 Å². The standard InChI is InChI=1S/C19H19F4N3O3/c1-10-8-14(9-16(24-10)26-12(3)27)11(2)25-17(28)13-4-6-15(7-5-13)29-19(22,23)18(20)21/h4-9,11,18H,1-3H3,(H,25,28)(H,24,26,27). The van der Waals surface area contributed by atoms with Crippen LogP contribution in [0.3, 0.4) is 0 Å². The van der Waals surface area contributed by atoms with Crippen molar-refractivity contribution in [2.45, 2.75) is 39.3 Å². The molecule has 2 rings (SSSR count). The fraction of sp³-hybridized carbons (Fsp3) is 0.316. The summed E-state index contributed by atoms with van der Waals surface area (Å²) in [5.74, 6) is -0.953. The molecule has 0 radical (unpaired) electrons. The van der Waals surface area contributed by atoms with Crippen LogP contribution in [0.2, 0.25) is 0 Å². The van der Waals surface area contributed by atoms with E-state index in [2.05, 4.69) is 20.4 Å². The Morgan fingerprint density at radius 1 is 1.14 bits per heavy atom. The molecule has 2 amide bonds. The van der Waals surface area contributed by atoms with Crippen LogP contribution in [0.25, 0.3) is 0 Å². The first-order chi connectivity index (χ1) is 13.5. The van der Waals surface area contributed by atoms with Gasteiger partial charge in [0.25, 0.3) is 5.91 Å². The first-order valence-corrected chi connectivity index (χ1v) is 8.50. The molecule has 1 aromatic heterocycles. The van der Waals surface area contributed by atoms with Crippen molar-refractivity contribution in [1.29, 1.82) is 0 Å². The first-order valence-electron chi connectivity index (χ1n) is 8.50. The summed E-state index contributed by atoms with van der Waals surface area (Å²) in [5.41, 5.74) is 1.44. The minimum Gasteiger partial charge on any atom is -0.428 e. The van der Waals surface area contributed by atoms with E-state index in [9.17, 15) is 27.2 Å². The maximum absolute atomic E-state index is 12.9. The quantitative estimate of drug-likeness (QED) is 0.671. The van der Waals surface area contributed by atoms with Gasteiger partial charge in [-0.25, -0.2) is 4.98 Å². The molecule has 29 heavy (non-hydrogen) atoms. The Bertz CT molecular complexity index is 889. The SMILES string of the molecule is CC(=O)Nc1cc(C(C)NC(=O)c2ccc(OC(F)(F)C(F)F)cc2)cc(C)n1. The Kier molecular flexibility index (Phi) is 6.78. The molecule has 156 valence electrons. The molecule has 2 N–H and O–H groups in total. The van der Waals surface area contributed by atoms with Gasteiger partial charge in [0, 0.05) is 18.2 Å². The molecule has 0 fully saturated rings. The lowest BCUT2D eigenvalue weighted by Crippen LogP contribution is -2.33. The Balaban J connectivity index is 2.08. The predicted octanol–water partition coefficient (Wildman–Crippen LogP) is 4.08. The summed E-state index contributed by atoms with van der Waals surface area (Å²) >= 11 is 0. The average molecular weight is 413 g/mol. The van der Waals surface area contributed by atoms with Gasteiger partial charge in [0.2, 0.25) is 5.91 Å². The van der Waals surface area contributed by atoms with Gasteiger partial charge in [0.15, 0.2) is 0 Å². The summed E-state index contributed by atoms with van der Waals surface area (Å²) in [4.78, 5) is 27.7. The molecule has 0 aliphatic rings. The number of benzene rings is 1. The zero-order valence-electron chi connectivity index (χ0n) is 15.8. The van der Waals surface area contributed by atoms with Crippen molar-refractivity contribution in [1.82, 2.24) is 10.3 Å². The number of pyridine rings is 1. The fourth-order valence-electron chi connectivity index (χ4n) is 2.43. The number of aryl methyl sites for hydroxylation is 1. The van der Waals surface area contributed by atoms with Crippen LogP contribution in [0.5, 0.6) is 5.75 Å². The number of rotatable bonds is 7. The van der Waals surface area contributed by atoms with Crippen molar-refractivity contribution >= 4 is 17.6 Å². The number of nitrogens with one attached hydrogen (secondary N) is 2. The Labute approximate surface area is 164 Å². The fourth-order valence-corrected chi connectivity index (χ4v) is 2.43. The second kappa shape index (κ2) is 8.89. The van der Waals surface area contributed by atoms with Crippen molar-refractivity contribution in [2.24, 2.45) is 0 Å². The van der Waals surface area contributed by atoms with Gasteiger partial charge in [-0.3, -0.25) is 9.59 Å². The van der Waals surface area contributed by atoms with Crippen molar-refractivity contribution in [2.75, 3.05) is 5.32 Å². The van der Waals surface area contributed by atoms with Gasteiger partial charge in [-0.05, 0) is 55.8 Å². The summed E-state index contributed by atoms with van der Waals surface area (Å²) < 4.78 is 54.1. The molecule has 1 unspecified atom stereocenters. The molecule has 10 heteroatoms. The zero-order chi connectivity index (χ0) is 21.8. The second-order valence-electron chi connectivity index (χ2n) is 6.29. The minimum atomic E-state index is -4.62. The number of aromatic nitrogens is 1. The van der Waals surface area contributed by atoms with E-state index in [0.717, 1.165) is 12.1 Å². The van der Waals surface area contributed by atoms with E-state index in [-0.39, 0.29) is 11.5 Å². The third kappa shape index (κ3) is 6.16. The van der Waals surface area contributed by atoms with E-state index in [1.165, 1.54) is 19.1 Å². The summed E-state index contributed by atoms with van der Waals surface area (Å²) in [6, 6.07) is 7.25. The smallest absolute Gasteiger partial charge is 0.428 e. The average Bonchev–Trinajstić information content (AvgIpc) is 2.60. The maximum atomic E-state index is 12.9. The van der Waals surface area contributed by atoms with Crippen LogP contribution in [0.4, 0.5) is 23.4 Å². The number of amides is 2. The summed E-state index contributed by atoms with van der Waals surface area (Å²) in [5, 5.41) is 5.29. The van der Waals surface area contributed by atoms with Crippen molar-refractivity contribution < 1.29 is 31.9 Å². The molecule has 0 aliphatic heterocycles. The van der Waals surface area contributed by atoms with Gasteiger partial charge in [0.1, 0.15) is 11.6 Å². The molecule has 1 atom stereocenters. The van der Waals surface area contributed by atoms with Gasteiger partial charge in [-0.1, -0.05) is 0 Å². The zero-order valence-corrected chi connectivity index (χ0v) is 15.8. The summed E-state index contributed by atoms with van der Waals surface area (Å²) in [6.07, 6.45) is -8.60. The van der Waals surface area contributed by atoms with Gasteiger partial charge in [0.05, 0.1) is 6.04 Å². The van der Waals surface area contributed by atoms with Crippen LogP contribution in [0, 0.1) is 6.92 Å². The number of ether oxygens (including phenoxy) is 1. The van der Waals surface area contributed by atoms with E-state index in [1.54, 1.807) is 26.0 Å². The van der Waals surface area contributed by atoms with E-state index >= 15 is 0 Å². The largest absolute Gasteiger partial charge is 0.461 e. The molecular formula is C19H19F4N3O3. The first kappa shape index (κ1) is 22.1. The van der Waals surface area contributed by atoms with E-state index in [0.29, 0.717) is 17.1 Å². The molecule has 0 aliphatic carbocycles. The van der Waals surface area contributed by atoms with Gasteiger partial charge in [-0.15, -0.1) is 0 Å². The number of carbonyl (C=O) groups excluding carboxylic acids is 2. The summed E-state index contributed by atoms with van der Waals surface area (Å²) in [7, 11) is 0. The van der Waals surface area contributed by atoms with Crippen LogP contribution in [0.15, 0.2) is 36.4 Å². The van der Waals surface area contributed by atoms with Crippen LogP contribution in [-0.2, 0) is 4.79 Å². The van der Waals surface area contributed by atoms with Crippen LogP contribution in [-0.4, -0.2) is 29.3 Å². The Morgan fingerprint density at radius 3 is 2.31 bits per heavy atom. The molecule has 2 aromatic rings. The number of alkyl halides is 4. The van der Waals surface area contributed by atoms with Crippen molar-refractivity contribution in [3.63, 3.8) is 0 Å². The molecule has 1 aromatic carbocycles. The minimum absolute atomic E-state index is 0.123. The number of hydrogen-bond donors (Lipinski definition) is 2. The van der Waals surface area contributed by atoms with Crippen molar-refractivity contribution in [3.05, 3.63) is 53.2 Å². The summed E-state index contributed by atoms with van der Waals surface area (Å²) in [6.45, 7) is 4.79. The van der Waals surface area contributed by atoms with Crippen LogP contribution >= 0.6 is 0 Å². The maximum Gasteiger partial charge on any atom is 0.461 e. The molecule has 1 heterocycles. The van der Waals surface area contributed by atoms with E-state index in [1.807, 2.05) is 0 Å². The number of nitrogens with zero attached hydrogens (tertiary/aromatic N) is 1. The Morgan fingerprint density at radius 2 is 1.76 bits per heavy atom. The molecule has 0 spiro atoms. The monoisotopic (exact) mass is 413 g/mol. The second-order valence-corrected chi connectivity index (χ2v) is 6.29. The third-order valence-electron chi connectivity index (χ3n) is 3.75. The van der Waals surface area contributed by atoms with E-state index < -0.39 is 30.2 Å². The highest BCUT2D eigenvalue weighted by Gasteiger charge is 2.43. The number of halogens is 4. The number of hydrogen-bond acceptors (Lipinski definition) is 4. The predicted molar refractivity (Wildman–Crippen MR) is 97.2 cm³/mol. The topological polar surface area (TPSA) is 80.3 Å². The van der Waals surface area contributed by atoms with Gasteiger partial charge < -0.3 is 15.4 Å².